The van der Waals surface area contributed by atoms with Gasteiger partial charge in [0.05, 0.1) is 19.8 Å². The van der Waals surface area contributed by atoms with Gasteiger partial charge in [0.25, 0.3) is 0 Å². The van der Waals surface area contributed by atoms with Gasteiger partial charge in [-0.2, -0.15) is 8.42 Å². The first-order valence-electron chi connectivity index (χ1n) is 23.7. The van der Waals surface area contributed by atoms with Crippen molar-refractivity contribution in [2.45, 2.75) is 230 Å². The van der Waals surface area contributed by atoms with E-state index >= 15 is 0 Å². The summed E-state index contributed by atoms with van der Waals surface area (Å²) in [5.41, 5.74) is 0. The van der Waals surface area contributed by atoms with Crippen LogP contribution in [0.4, 0.5) is 0 Å². The average Bonchev–Trinajstić information content (AvgIpc) is 3.22. The zero-order chi connectivity index (χ0) is 43.9. The van der Waals surface area contributed by atoms with E-state index < -0.39 is 59.8 Å². The van der Waals surface area contributed by atoms with E-state index in [1.807, 2.05) is 0 Å². The molecule has 60 heavy (non-hydrogen) atoms. The van der Waals surface area contributed by atoms with Crippen LogP contribution in [0.3, 0.4) is 0 Å². The highest BCUT2D eigenvalue weighted by molar-refractivity contribution is 7.80. The molecule has 0 aliphatic carbocycles. The maximum absolute atomic E-state index is 12.8. The Balaban J connectivity index is 2.40. The number of hydrogen-bond donors (Lipinski definition) is 4. The van der Waals surface area contributed by atoms with Gasteiger partial charge in [-0.15, -0.1) is 0 Å². The number of aliphatic hydroxyl groups is 3. The third-order valence-corrected chi connectivity index (χ3v) is 11.2. The molecule has 0 radical (unpaired) electrons. The Labute approximate surface area is 364 Å². The summed E-state index contributed by atoms with van der Waals surface area (Å²) < 4.78 is 59.1. The molecule has 12 nitrogen and oxygen atoms in total. The molecule has 0 aromatic carbocycles. The van der Waals surface area contributed by atoms with Crippen LogP contribution in [0, 0.1) is 0 Å². The molecule has 1 rings (SSSR count). The Morgan fingerprint density at radius 2 is 1.15 bits per heavy atom. The standard InChI is InChI=1S/C47H86O12S/c1-3-5-7-9-11-13-15-17-19-20-21-23-25-27-29-31-33-35-37-55-39-41(40-56-47-45(51)46(59-60(52,53)54)44(50)42(38-48)58-47)57-43(49)36-34-32-30-28-26-24-22-18-16-14-12-10-8-6-4-2/h6,8,12,14,18,22,41-42,44-48,50-51H,3-5,7,9-11,13,15-17,19-21,23-40H2,1-2H3,(H,52,53,54)/b8-6-,14-12-,22-18-. The number of rotatable bonds is 41. The Morgan fingerprint density at radius 1 is 0.650 bits per heavy atom. The van der Waals surface area contributed by atoms with Crippen LogP contribution in [0.1, 0.15) is 194 Å². The van der Waals surface area contributed by atoms with Gasteiger partial charge >= 0.3 is 16.4 Å². The number of ether oxygens (including phenoxy) is 4. The fraction of sp³-hybridized carbons (Fsp3) is 0.851. The van der Waals surface area contributed by atoms with Gasteiger partial charge < -0.3 is 34.3 Å². The molecule has 0 saturated carbocycles. The molecule has 1 aliphatic heterocycles. The normalized spacial score (nSPS) is 20.5. The average molecular weight is 875 g/mol. The van der Waals surface area contributed by atoms with Crippen LogP contribution in [-0.4, -0.2) is 97.5 Å². The molecule has 1 saturated heterocycles. The highest BCUT2D eigenvalue weighted by Crippen LogP contribution is 2.26. The maximum atomic E-state index is 12.8. The van der Waals surface area contributed by atoms with Crippen LogP contribution in [-0.2, 0) is 38.3 Å². The molecule has 13 heteroatoms. The van der Waals surface area contributed by atoms with Crippen molar-refractivity contribution >= 4 is 16.4 Å². The number of allylic oxidation sites excluding steroid dienone is 6. The summed E-state index contributed by atoms with van der Waals surface area (Å²) in [5.74, 6) is -0.414. The topological polar surface area (TPSA) is 178 Å². The SMILES string of the molecule is CC/C=C\C/C=C\C/C=C\CCCCCCCC(=O)OC(COCCCCCCCCCCCCCCCCCCCC)COC1OC(CO)C(O)C(OS(=O)(=O)O)C1O. The molecular weight excluding hydrogens is 789 g/mol. The quantitative estimate of drug-likeness (QED) is 0.0198. The third-order valence-electron chi connectivity index (χ3n) is 10.8. The molecule has 0 bridgehead atoms. The molecular formula is C47H86O12S. The van der Waals surface area contributed by atoms with E-state index in [-0.39, 0.29) is 19.6 Å². The second kappa shape index (κ2) is 39.0. The lowest BCUT2D eigenvalue weighted by atomic mass is 9.99. The lowest BCUT2D eigenvalue weighted by Gasteiger charge is -2.41. The van der Waals surface area contributed by atoms with Gasteiger partial charge in [0, 0.05) is 13.0 Å². The summed E-state index contributed by atoms with van der Waals surface area (Å²) >= 11 is 0. The second-order valence-corrected chi connectivity index (χ2v) is 17.4. The molecule has 0 spiro atoms. The second-order valence-electron chi connectivity index (χ2n) is 16.3. The third kappa shape index (κ3) is 32.1. The van der Waals surface area contributed by atoms with Gasteiger partial charge in [0.1, 0.15) is 30.5 Å². The first-order chi connectivity index (χ1) is 29.1. The Morgan fingerprint density at radius 3 is 1.68 bits per heavy atom. The summed E-state index contributed by atoms with van der Waals surface area (Å²) in [5, 5.41) is 30.7. The predicted octanol–water partition coefficient (Wildman–Crippen LogP) is 10.2. The molecule has 0 aromatic heterocycles. The minimum absolute atomic E-state index is 0.0315. The van der Waals surface area contributed by atoms with Crippen LogP contribution >= 0.6 is 0 Å². The number of hydrogen-bond acceptors (Lipinski definition) is 11. The van der Waals surface area contributed by atoms with Crippen molar-refractivity contribution in [3.63, 3.8) is 0 Å². The lowest BCUT2D eigenvalue weighted by Crippen LogP contribution is -2.60. The fourth-order valence-electron chi connectivity index (χ4n) is 7.22. The molecule has 6 unspecified atom stereocenters. The number of esters is 1. The summed E-state index contributed by atoms with van der Waals surface area (Å²) in [4.78, 5) is 12.8. The van der Waals surface area contributed by atoms with E-state index in [9.17, 15) is 28.5 Å². The van der Waals surface area contributed by atoms with Gasteiger partial charge in [0.2, 0.25) is 0 Å². The molecule has 1 heterocycles. The van der Waals surface area contributed by atoms with Crippen LogP contribution < -0.4 is 0 Å². The molecule has 6 atom stereocenters. The minimum atomic E-state index is -5.06. The van der Waals surface area contributed by atoms with Gasteiger partial charge in [-0.25, -0.2) is 4.18 Å². The van der Waals surface area contributed by atoms with Crippen molar-refractivity contribution in [1.29, 1.82) is 0 Å². The van der Waals surface area contributed by atoms with E-state index in [0.717, 1.165) is 70.6 Å². The van der Waals surface area contributed by atoms with E-state index in [2.05, 4.69) is 54.5 Å². The van der Waals surface area contributed by atoms with E-state index in [1.54, 1.807) is 0 Å². The summed E-state index contributed by atoms with van der Waals surface area (Å²) in [7, 11) is -5.06. The molecule has 1 aliphatic rings. The van der Waals surface area contributed by atoms with Crippen LogP contribution in [0.15, 0.2) is 36.5 Å². The van der Waals surface area contributed by atoms with Gasteiger partial charge in [-0.05, 0) is 44.9 Å². The van der Waals surface area contributed by atoms with Gasteiger partial charge in [0.15, 0.2) is 6.29 Å². The van der Waals surface area contributed by atoms with Crippen molar-refractivity contribution in [2.75, 3.05) is 26.4 Å². The molecule has 4 N–H and O–H groups in total. The Bertz CT molecular complexity index is 1190. The van der Waals surface area contributed by atoms with Crippen molar-refractivity contribution in [2.24, 2.45) is 0 Å². The van der Waals surface area contributed by atoms with Crippen molar-refractivity contribution in [1.82, 2.24) is 0 Å². The maximum Gasteiger partial charge on any atom is 0.397 e. The lowest BCUT2D eigenvalue weighted by molar-refractivity contribution is -0.301. The van der Waals surface area contributed by atoms with Crippen molar-refractivity contribution in [3.05, 3.63) is 36.5 Å². The fourth-order valence-corrected chi connectivity index (χ4v) is 7.73. The van der Waals surface area contributed by atoms with Crippen molar-refractivity contribution in [3.8, 4) is 0 Å². The van der Waals surface area contributed by atoms with Gasteiger partial charge in [-0.1, -0.05) is 179 Å². The van der Waals surface area contributed by atoms with E-state index in [4.69, 9.17) is 23.5 Å². The summed E-state index contributed by atoms with van der Waals surface area (Å²) in [6.07, 6.45) is 36.1. The van der Waals surface area contributed by atoms with Crippen molar-refractivity contribution < 1.29 is 56.2 Å². The number of carbonyl (C=O) groups is 1. The van der Waals surface area contributed by atoms with Crippen LogP contribution in [0.5, 0.6) is 0 Å². The Hall–Kier alpha value is -1.68. The monoisotopic (exact) mass is 875 g/mol. The molecule has 0 amide bonds. The summed E-state index contributed by atoms with van der Waals surface area (Å²) in [6.45, 7) is 3.88. The first-order valence-corrected chi connectivity index (χ1v) is 25.1. The van der Waals surface area contributed by atoms with Gasteiger partial charge in [-0.3, -0.25) is 9.35 Å². The number of aliphatic hydroxyl groups excluding tert-OH is 3. The molecule has 1 fully saturated rings. The number of carbonyl (C=O) groups excluding carboxylic acids is 1. The highest BCUT2D eigenvalue weighted by atomic mass is 32.3. The van der Waals surface area contributed by atoms with Crippen LogP contribution in [0.2, 0.25) is 0 Å². The zero-order valence-electron chi connectivity index (χ0n) is 37.5. The highest BCUT2D eigenvalue weighted by Gasteiger charge is 2.48. The molecule has 0 aromatic rings. The van der Waals surface area contributed by atoms with E-state index in [1.165, 1.54) is 96.3 Å². The number of unbranched alkanes of at least 4 members (excludes halogenated alkanes) is 22. The minimum Gasteiger partial charge on any atom is -0.457 e. The molecule has 352 valence electrons. The summed E-state index contributed by atoms with van der Waals surface area (Å²) in [6, 6.07) is 0. The first kappa shape index (κ1) is 56.3. The van der Waals surface area contributed by atoms with Crippen LogP contribution in [0.25, 0.3) is 0 Å². The van der Waals surface area contributed by atoms with E-state index in [0.29, 0.717) is 13.0 Å². The predicted molar refractivity (Wildman–Crippen MR) is 239 cm³/mol. The largest absolute Gasteiger partial charge is 0.457 e. The zero-order valence-corrected chi connectivity index (χ0v) is 38.3. The Kier molecular flexibility index (Phi) is 36.6. The smallest absolute Gasteiger partial charge is 0.397 e.